The van der Waals surface area contributed by atoms with E-state index in [0.717, 1.165) is 19.5 Å². The van der Waals surface area contributed by atoms with Crippen LogP contribution < -0.4 is 5.32 Å². The van der Waals surface area contributed by atoms with E-state index in [1.807, 2.05) is 13.8 Å². The Hall–Kier alpha value is -0.610. The molecule has 0 saturated carbocycles. The first kappa shape index (κ1) is 17.4. The number of esters is 1. The van der Waals surface area contributed by atoms with E-state index in [-0.39, 0.29) is 5.97 Å². The maximum atomic E-state index is 11.9. The van der Waals surface area contributed by atoms with E-state index < -0.39 is 5.54 Å². The van der Waals surface area contributed by atoms with E-state index in [1.54, 1.807) is 0 Å². The molecule has 0 aromatic rings. The number of carbonyl (C=O) groups excluding carboxylic acids is 1. The van der Waals surface area contributed by atoms with E-state index in [0.29, 0.717) is 12.0 Å². The number of rotatable bonds is 8. The zero-order valence-corrected chi connectivity index (χ0v) is 13.0. The molecule has 18 heavy (non-hydrogen) atoms. The van der Waals surface area contributed by atoms with E-state index >= 15 is 0 Å². The van der Waals surface area contributed by atoms with Gasteiger partial charge in [-0.25, -0.2) is 0 Å². The molecule has 2 atom stereocenters. The third-order valence-electron chi connectivity index (χ3n) is 3.31. The molecule has 0 radical (unpaired) electrons. The predicted molar refractivity (Wildman–Crippen MR) is 75.6 cm³/mol. The number of nitrogens with zero attached hydrogens (tertiary/aromatic N) is 1. The van der Waals surface area contributed by atoms with Crippen molar-refractivity contribution in [3.63, 3.8) is 0 Å². The van der Waals surface area contributed by atoms with Gasteiger partial charge in [-0.2, -0.15) is 0 Å². The molecule has 0 aliphatic carbocycles. The third-order valence-corrected chi connectivity index (χ3v) is 3.31. The summed E-state index contributed by atoms with van der Waals surface area (Å²) in [5.74, 6) is 0.440. The largest absolute Gasteiger partial charge is 0.468 e. The van der Waals surface area contributed by atoms with E-state index in [1.165, 1.54) is 7.11 Å². The van der Waals surface area contributed by atoms with Crippen molar-refractivity contribution in [2.45, 2.75) is 52.6 Å². The standard InChI is InChI=1S/C14H30N2O2/c1-8-15-14(5,13(17)18-7)9-12(4)16(6)10-11(2)3/h11-12,15H,8-10H2,1-7H3. The molecule has 2 unspecified atom stereocenters. The second kappa shape index (κ2) is 7.74. The van der Waals surface area contributed by atoms with Crippen LogP contribution in [0.4, 0.5) is 0 Å². The first-order valence-corrected chi connectivity index (χ1v) is 6.80. The number of nitrogens with one attached hydrogen (secondary N) is 1. The maximum Gasteiger partial charge on any atom is 0.325 e. The zero-order chi connectivity index (χ0) is 14.3. The molecule has 0 bridgehead atoms. The van der Waals surface area contributed by atoms with Gasteiger partial charge < -0.3 is 15.0 Å². The lowest BCUT2D eigenvalue weighted by Gasteiger charge is -2.34. The van der Waals surface area contributed by atoms with Gasteiger partial charge in [-0.05, 0) is 39.8 Å². The fourth-order valence-electron chi connectivity index (χ4n) is 2.35. The number of carbonyl (C=O) groups is 1. The lowest BCUT2D eigenvalue weighted by Crippen LogP contribution is -2.53. The fraction of sp³-hybridized carbons (Fsp3) is 0.929. The van der Waals surface area contributed by atoms with Crippen molar-refractivity contribution in [2.24, 2.45) is 5.92 Å². The molecular weight excluding hydrogens is 228 g/mol. The number of likely N-dealkylation sites (N-methyl/N-ethyl adjacent to an activating group) is 1. The Morgan fingerprint density at radius 1 is 1.39 bits per heavy atom. The Morgan fingerprint density at radius 3 is 2.33 bits per heavy atom. The fourth-order valence-corrected chi connectivity index (χ4v) is 2.35. The molecule has 0 aromatic carbocycles. The van der Waals surface area contributed by atoms with Gasteiger partial charge in [0.1, 0.15) is 5.54 Å². The van der Waals surface area contributed by atoms with Crippen LogP contribution in [-0.2, 0) is 9.53 Å². The molecule has 1 N–H and O–H groups in total. The van der Waals surface area contributed by atoms with Crippen LogP contribution >= 0.6 is 0 Å². The summed E-state index contributed by atoms with van der Waals surface area (Å²) in [7, 11) is 3.55. The van der Waals surface area contributed by atoms with Gasteiger partial charge in [0.25, 0.3) is 0 Å². The minimum atomic E-state index is -0.603. The van der Waals surface area contributed by atoms with Gasteiger partial charge in [0.2, 0.25) is 0 Å². The summed E-state index contributed by atoms with van der Waals surface area (Å²) in [5.41, 5.74) is -0.603. The van der Waals surface area contributed by atoms with Crippen LogP contribution in [0.15, 0.2) is 0 Å². The Labute approximate surface area is 112 Å². The van der Waals surface area contributed by atoms with Crippen LogP contribution in [0.1, 0.15) is 41.0 Å². The normalized spacial score (nSPS) is 16.7. The van der Waals surface area contributed by atoms with Crippen LogP contribution in [-0.4, -0.2) is 49.7 Å². The van der Waals surface area contributed by atoms with Crippen molar-refractivity contribution in [3.8, 4) is 0 Å². The first-order chi connectivity index (χ1) is 8.26. The molecule has 0 aliphatic heterocycles. The molecular formula is C14H30N2O2. The number of hydrogen-bond acceptors (Lipinski definition) is 4. The minimum Gasteiger partial charge on any atom is -0.468 e. The molecule has 4 heteroatoms. The molecule has 0 heterocycles. The summed E-state index contributed by atoms with van der Waals surface area (Å²) in [6.45, 7) is 12.3. The highest BCUT2D eigenvalue weighted by Crippen LogP contribution is 2.18. The van der Waals surface area contributed by atoms with Gasteiger partial charge in [0, 0.05) is 12.6 Å². The number of methoxy groups -OCH3 is 1. The number of ether oxygens (including phenoxy) is 1. The van der Waals surface area contributed by atoms with Gasteiger partial charge in [-0.1, -0.05) is 20.8 Å². The monoisotopic (exact) mass is 258 g/mol. The third kappa shape index (κ3) is 5.36. The molecule has 4 nitrogen and oxygen atoms in total. The molecule has 0 amide bonds. The SMILES string of the molecule is CCNC(C)(CC(C)N(C)CC(C)C)C(=O)OC. The van der Waals surface area contributed by atoms with Crippen molar-refractivity contribution < 1.29 is 9.53 Å². The summed E-state index contributed by atoms with van der Waals surface area (Å²) in [6, 6.07) is 0.329. The summed E-state index contributed by atoms with van der Waals surface area (Å²) in [6.07, 6.45) is 0.747. The second-order valence-corrected chi connectivity index (χ2v) is 5.74. The molecule has 0 spiro atoms. The summed E-state index contributed by atoms with van der Waals surface area (Å²) in [4.78, 5) is 14.2. The quantitative estimate of drug-likeness (QED) is 0.675. The van der Waals surface area contributed by atoms with Crippen LogP contribution in [0.25, 0.3) is 0 Å². The smallest absolute Gasteiger partial charge is 0.325 e. The van der Waals surface area contributed by atoms with Gasteiger partial charge in [-0.15, -0.1) is 0 Å². The van der Waals surface area contributed by atoms with Gasteiger partial charge in [0.05, 0.1) is 7.11 Å². The van der Waals surface area contributed by atoms with Crippen LogP contribution in [0, 0.1) is 5.92 Å². The van der Waals surface area contributed by atoms with E-state index in [4.69, 9.17) is 4.74 Å². The lowest BCUT2D eigenvalue weighted by molar-refractivity contribution is -0.148. The Kier molecular flexibility index (Phi) is 7.48. The average molecular weight is 258 g/mol. The molecule has 0 saturated heterocycles. The summed E-state index contributed by atoms with van der Waals surface area (Å²) < 4.78 is 4.91. The average Bonchev–Trinajstić information content (AvgIpc) is 2.27. The highest BCUT2D eigenvalue weighted by atomic mass is 16.5. The van der Waals surface area contributed by atoms with Crippen molar-refractivity contribution in [2.75, 3.05) is 27.2 Å². The van der Waals surface area contributed by atoms with Gasteiger partial charge in [-0.3, -0.25) is 4.79 Å². The van der Waals surface area contributed by atoms with Crippen molar-refractivity contribution in [1.29, 1.82) is 0 Å². The topological polar surface area (TPSA) is 41.6 Å². The Morgan fingerprint density at radius 2 is 1.94 bits per heavy atom. The molecule has 0 aliphatic rings. The van der Waals surface area contributed by atoms with Crippen LogP contribution in [0.5, 0.6) is 0 Å². The second-order valence-electron chi connectivity index (χ2n) is 5.74. The predicted octanol–water partition coefficient (Wildman–Crippen LogP) is 1.89. The van der Waals surface area contributed by atoms with Gasteiger partial charge >= 0.3 is 5.97 Å². The molecule has 108 valence electrons. The van der Waals surface area contributed by atoms with Crippen molar-refractivity contribution in [3.05, 3.63) is 0 Å². The molecule has 0 rings (SSSR count). The van der Waals surface area contributed by atoms with Crippen molar-refractivity contribution in [1.82, 2.24) is 10.2 Å². The lowest BCUT2D eigenvalue weighted by atomic mass is 9.92. The zero-order valence-electron chi connectivity index (χ0n) is 13.0. The summed E-state index contributed by atoms with van der Waals surface area (Å²) in [5, 5.41) is 3.25. The van der Waals surface area contributed by atoms with E-state index in [9.17, 15) is 4.79 Å². The Bertz CT molecular complexity index is 256. The maximum absolute atomic E-state index is 11.9. The molecule has 0 fully saturated rings. The van der Waals surface area contributed by atoms with Crippen molar-refractivity contribution >= 4 is 5.97 Å². The van der Waals surface area contributed by atoms with E-state index in [2.05, 4.69) is 38.0 Å². The highest BCUT2D eigenvalue weighted by Gasteiger charge is 2.35. The Balaban J connectivity index is 4.62. The van der Waals surface area contributed by atoms with Crippen LogP contribution in [0.2, 0.25) is 0 Å². The molecule has 0 aromatic heterocycles. The summed E-state index contributed by atoms with van der Waals surface area (Å²) >= 11 is 0. The first-order valence-electron chi connectivity index (χ1n) is 6.80. The highest BCUT2D eigenvalue weighted by molar-refractivity contribution is 5.80. The van der Waals surface area contributed by atoms with Gasteiger partial charge in [0.15, 0.2) is 0 Å². The number of hydrogen-bond donors (Lipinski definition) is 1. The minimum absolute atomic E-state index is 0.186. The van der Waals surface area contributed by atoms with Crippen LogP contribution in [0.3, 0.4) is 0 Å².